The summed E-state index contributed by atoms with van der Waals surface area (Å²) >= 11 is 7.52. The standard InChI is InChI=1S/C12H15ClO2S/c1-8(12(14)15-3)9(2)16-11-6-4-5-10(13)7-11/h4-9H,1-3H3. The molecule has 1 aromatic carbocycles. The van der Waals surface area contributed by atoms with E-state index in [2.05, 4.69) is 0 Å². The molecule has 88 valence electrons. The number of carbonyl (C=O) groups is 1. The SMILES string of the molecule is COC(=O)C(C)C(C)Sc1cccc(Cl)c1. The van der Waals surface area contributed by atoms with Crippen LogP contribution in [0.1, 0.15) is 13.8 Å². The number of benzene rings is 1. The molecule has 0 aliphatic heterocycles. The zero-order valence-electron chi connectivity index (χ0n) is 9.57. The molecule has 2 atom stereocenters. The fourth-order valence-corrected chi connectivity index (χ4v) is 2.59. The van der Waals surface area contributed by atoms with Gasteiger partial charge in [0.2, 0.25) is 0 Å². The predicted octanol–water partition coefficient (Wildman–Crippen LogP) is 3.63. The number of esters is 1. The van der Waals surface area contributed by atoms with E-state index in [1.165, 1.54) is 7.11 Å². The van der Waals surface area contributed by atoms with Crippen LogP contribution < -0.4 is 0 Å². The minimum absolute atomic E-state index is 0.131. The van der Waals surface area contributed by atoms with Gasteiger partial charge in [-0.15, -0.1) is 11.8 Å². The van der Waals surface area contributed by atoms with E-state index >= 15 is 0 Å². The highest BCUT2D eigenvalue weighted by atomic mass is 35.5. The van der Waals surface area contributed by atoms with Crippen molar-refractivity contribution in [1.82, 2.24) is 0 Å². The summed E-state index contributed by atoms with van der Waals surface area (Å²) in [5, 5.41) is 0.869. The quantitative estimate of drug-likeness (QED) is 0.609. The smallest absolute Gasteiger partial charge is 0.309 e. The lowest BCUT2D eigenvalue weighted by Crippen LogP contribution is -2.21. The van der Waals surface area contributed by atoms with E-state index in [-0.39, 0.29) is 17.1 Å². The minimum atomic E-state index is -0.179. The first-order valence-corrected chi connectivity index (χ1v) is 6.30. The summed E-state index contributed by atoms with van der Waals surface area (Å²) in [5.41, 5.74) is 0. The van der Waals surface area contributed by atoms with Crippen molar-refractivity contribution in [3.05, 3.63) is 29.3 Å². The number of ether oxygens (including phenoxy) is 1. The van der Waals surface area contributed by atoms with Gasteiger partial charge in [-0.2, -0.15) is 0 Å². The van der Waals surface area contributed by atoms with Gasteiger partial charge in [-0.3, -0.25) is 4.79 Å². The fourth-order valence-electron chi connectivity index (χ4n) is 1.23. The van der Waals surface area contributed by atoms with Crippen molar-refractivity contribution < 1.29 is 9.53 Å². The lowest BCUT2D eigenvalue weighted by atomic mass is 10.1. The molecule has 1 rings (SSSR count). The van der Waals surface area contributed by atoms with Crippen LogP contribution >= 0.6 is 23.4 Å². The van der Waals surface area contributed by atoms with Gasteiger partial charge >= 0.3 is 5.97 Å². The van der Waals surface area contributed by atoms with Gasteiger partial charge in [0, 0.05) is 15.2 Å². The Labute approximate surface area is 105 Å². The van der Waals surface area contributed by atoms with Crippen molar-refractivity contribution in [3.8, 4) is 0 Å². The molecule has 4 heteroatoms. The Hall–Kier alpha value is -0.670. The summed E-state index contributed by atoms with van der Waals surface area (Å²) in [6, 6.07) is 7.62. The molecule has 0 fully saturated rings. The summed E-state index contributed by atoms with van der Waals surface area (Å²) in [6.07, 6.45) is 0. The number of halogens is 1. The van der Waals surface area contributed by atoms with E-state index in [1.54, 1.807) is 11.8 Å². The van der Waals surface area contributed by atoms with Crippen molar-refractivity contribution in [2.45, 2.75) is 24.0 Å². The third kappa shape index (κ3) is 3.72. The number of carbonyl (C=O) groups excluding carboxylic acids is 1. The van der Waals surface area contributed by atoms with Crippen LogP contribution in [0.25, 0.3) is 0 Å². The molecule has 0 aliphatic carbocycles. The number of thioether (sulfide) groups is 1. The monoisotopic (exact) mass is 258 g/mol. The molecule has 0 aromatic heterocycles. The molecule has 2 nitrogen and oxygen atoms in total. The Morgan fingerprint density at radius 1 is 1.44 bits per heavy atom. The van der Waals surface area contributed by atoms with E-state index in [4.69, 9.17) is 16.3 Å². The maximum atomic E-state index is 11.3. The van der Waals surface area contributed by atoms with E-state index in [1.807, 2.05) is 38.1 Å². The highest BCUT2D eigenvalue weighted by Crippen LogP contribution is 2.29. The molecule has 2 unspecified atom stereocenters. The molecular formula is C12H15ClO2S. The van der Waals surface area contributed by atoms with Crippen LogP contribution in [-0.4, -0.2) is 18.3 Å². The summed E-state index contributed by atoms with van der Waals surface area (Å²) in [7, 11) is 1.41. The Morgan fingerprint density at radius 3 is 2.69 bits per heavy atom. The fraction of sp³-hybridized carbons (Fsp3) is 0.417. The molecule has 0 aliphatic rings. The number of hydrogen-bond donors (Lipinski definition) is 0. The molecule has 0 bridgehead atoms. The molecule has 0 heterocycles. The molecule has 1 aromatic rings. The minimum Gasteiger partial charge on any atom is -0.469 e. The maximum Gasteiger partial charge on any atom is 0.309 e. The van der Waals surface area contributed by atoms with Crippen LogP contribution in [0.2, 0.25) is 5.02 Å². The molecule has 0 saturated carbocycles. The van der Waals surface area contributed by atoms with Crippen LogP contribution in [0.15, 0.2) is 29.2 Å². The molecule has 16 heavy (non-hydrogen) atoms. The van der Waals surface area contributed by atoms with Crippen LogP contribution in [0.3, 0.4) is 0 Å². The first kappa shape index (κ1) is 13.4. The number of methoxy groups -OCH3 is 1. The van der Waals surface area contributed by atoms with Crippen molar-refractivity contribution in [2.24, 2.45) is 5.92 Å². The highest BCUT2D eigenvalue weighted by molar-refractivity contribution is 8.00. The lowest BCUT2D eigenvalue weighted by molar-refractivity contribution is -0.144. The van der Waals surface area contributed by atoms with Crippen molar-refractivity contribution in [1.29, 1.82) is 0 Å². The average molecular weight is 259 g/mol. The number of rotatable bonds is 4. The highest BCUT2D eigenvalue weighted by Gasteiger charge is 2.21. The third-order valence-corrected chi connectivity index (χ3v) is 3.94. The first-order chi connectivity index (χ1) is 7.54. The van der Waals surface area contributed by atoms with Gasteiger partial charge in [0.1, 0.15) is 0 Å². The first-order valence-electron chi connectivity index (χ1n) is 5.04. The zero-order chi connectivity index (χ0) is 12.1. The van der Waals surface area contributed by atoms with E-state index in [0.29, 0.717) is 5.02 Å². The van der Waals surface area contributed by atoms with Gasteiger partial charge in [-0.1, -0.05) is 31.5 Å². The molecule has 0 saturated heterocycles. The van der Waals surface area contributed by atoms with Crippen LogP contribution in [0.5, 0.6) is 0 Å². The van der Waals surface area contributed by atoms with E-state index in [9.17, 15) is 4.79 Å². The van der Waals surface area contributed by atoms with Crippen LogP contribution in [0.4, 0.5) is 0 Å². The second-order valence-corrected chi connectivity index (χ2v) is 5.48. The normalized spacial score (nSPS) is 14.2. The van der Waals surface area contributed by atoms with Crippen molar-refractivity contribution in [2.75, 3.05) is 7.11 Å². The van der Waals surface area contributed by atoms with Gasteiger partial charge in [0.05, 0.1) is 13.0 Å². The van der Waals surface area contributed by atoms with Crippen molar-refractivity contribution in [3.63, 3.8) is 0 Å². The Morgan fingerprint density at radius 2 is 2.12 bits per heavy atom. The molecule has 0 radical (unpaired) electrons. The molecule has 0 N–H and O–H groups in total. The van der Waals surface area contributed by atoms with Crippen molar-refractivity contribution >= 4 is 29.3 Å². The summed E-state index contributed by atoms with van der Waals surface area (Å²) in [6.45, 7) is 3.88. The van der Waals surface area contributed by atoms with E-state index in [0.717, 1.165) is 4.90 Å². The van der Waals surface area contributed by atoms with Crippen LogP contribution in [-0.2, 0) is 9.53 Å². The predicted molar refractivity (Wildman–Crippen MR) is 68.0 cm³/mol. The lowest BCUT2D eigenvalue weighted by Gasteiger charge is -2.17. The van der Waals surface area contributed by atoms with Gasteiger partial charge in [0.25, 0.3) is 0 Å². The second-order valence-electron chi connectivity index (χ2n) is 3.59. The Balaban J connectivity index is 2.64. The molecular weight excluding hydrogens is 244 g/mol. The van der Waals surface area contributed by atoms with Gasteiger partial charge in [-0.05, 0) is 18.2 Å². The largest absolute Gasteiger partial charge is 0.469 e. The maximum absolute atomic E-state index is 11.3. The van der Waals surface area contributed by atoms with E-state index < -0.39 is 0 Å². The molecule has 0 amide bonds. The van der Waals surface area contributed by atoms with Gasteiger partial charge in [0.15, 0.2) is 0 Å². The third-order valence-electron chi connectivity index (χ3n) is 2.40. The van der Waals surface area contributed by atoms with Crippen LogP contribution in [0, 0.1) is 5.92 Å². The zero-order valence-corrected chi connectivity index (χ0v) is 11.1. The molecule has 0 spiro atoms. The Bertz CT molecular complexity index is 368. The number of hydrogen-bond acceptors (Lipinski definition) is 3. The van der Waals surface area contributed by atoms with Gasteiger partial charge < -0.3 is 4.74 Å². The second kappa shape index (κ2) is 6.16. The summed E-state index contributed by atoms with van der Waals surface area (Å²) in [4.78, 5) is 12.4. The Kier molecular flexibility index (Phi) is 5.16. The summed E-state index contributed by atoms with van der Waals surface area (Å²) < 4.78 is 4.72. The summed E-state index contributed by atoms with van der Waals surface area (Å²) in [5.74, 6) is -0.309. The van der Waals surface area contributed by atoms with Gasteiger partial charge in [-0.25, -0.2) is 0 Å². The average Bonchev–Trinajstić information content (AvgIpc) is 2.27. The topological polar surface area (TPSA) is 26.3 Å².